The van der Waals surface area contributed by atoms with Crippen molar-refractivity contribution in [3.63, 3.8) is 0 Å². The van der Waals surface area contributed by atoms with Crippen LogP contribution in [-0.2, 0) is 4.74 Å². The molecule has 1 aliphatic heterocycles. The molecular weight excluding hydrogens is 448 g/mol. The SMILES string of the molecule is COc1ccc(OC)c(/C=N/N=C/C2=C(N3CCOCC3)C(=C\c3ccc([N+](=O)[O-])cc3)/CC2)c1. The van der Waals surface area contributed by atoms with E-state index in [0.717, 1.165) is 48.3 Å². The van der Waals surface area contributed by atoms with Crippen LogP contribution >= 0.6 is 0 Å². The Hall–Kier alpha value is -3.98. The lowest BCUT2D eigenvalue weighted by Crippen LogP contribution is -2.36. The number of morpholine rings is 1. The van der Waals surface area contributed by atoms with Crippen LogP contribution in [0, 0.1) is 10.1 Å². The van der Waals surface area contributed by atoms with Gasteiger partial charge in [0.05, 0.1) is 44.8 Å². The molecule has 1 saturated heterocycles. The first-order chi connectivity index (χ1) is 17.1. The average Bonchev–Trinajstić information content (AvgIpc) is 3.29. The van der Waals surface area contributed by atoms with E-state index in [-0.39, 0.29) is 10.6 Å². The molecule has 9 nitrogen and oxygen atoms in total. The van der Waals surface area contributed by atoms with Crippen molar-refractivity contribution >= 4 is 24.2 Å². The summed E-state index contributed by atoms with van der Waals surface area (Å²) in [7, 11) is 3.22. The minimum atomic E-state index is -0.387. The second-order valence-corrected chi connectivity index (χ2v) is 8.09. The summed E-state index contributed by atoms with van der Waals surface area (Å²) >= 11 is 0. The maximum Gasteiger partial charge on any atom is 0.269 e. The lowest BCUT2D eigenvalue weighted by Gasteiger charge is -2.31. The lowest BCUT2D eigenvalue weighted by molar-refractivity contribution is -0.384. The highest BCUT2D eigenvalue weighted by Gasteiger charge is 2.25. The molecule has 0 amide bonds. The van der Waals surface area contributed by atoms with Crippen molar-refractivity contribution in [3.8, 4) is 11.5 Å². The quantitative estimate of drug-likeness (QED) is 0.316. The van der Waals surface area contributed by atoms with Crippen LogP contribution in [0.4, 0.5) is 5.69 Å². The van der Waals surface area contributed by atoms with Gasteiger partial charge in [0.15, 0.2) is 0 Å². The molecule has 0 atom stereocenters. The third-order valence-corrected chi connectivity index (χ3v) is 5.96. The second-order valence-electron chi connectivity index (χ2n) is 8.09. The van der Waals surface area contributed by atoms with E-state index in [1.165, 1.54) is 17.7 Å². The van der Waals surface area contributed by atoms with Gasteiger partial charge in [-0.15, -0.1) is 0 Å². The minimum absolute atomic E-state index is 0.0841. The molecule has 1 fully saturated rings. The summed E-state index contributed by atoms with van der Waals surface area (Å²) in [5, 5.41) is 19.5. The van der Waals surface area contributed by atoms with E-state index < -0.39 is 0 Å². The Bertz CT molecular complexity index is 1180. The summed E-state index contributed by atoms with van der Waals surface area (Å²) in [6, 6.07) is 12.1. The van der Waals surface area contributed by atoms with Crippen LogP contribution < -0.4 is 9.47 Å². The molecule has 35 heavy (non-hydrogen) atoms. The number of ether oxygens (including phenoxy) is 3. The average molecular weight is 477 g/mol. The number of methoxy groups -OCH3 is 2. The van der Waals surface area contributed by atoms with Gasteiger partial charge in [-0.05, 0) is 66.0 Å². The largest absolute Gasteiger partial charge is 0.497 e. The van der Waals surface area contributed by atoms with Crippen LogP contribution in [0.25, 0.3) is 6.08 Å². The number of rotatable bonds is 8. The van der Waals surface area contributed by atoms with Gasteiger partial charge in [0.1, 0.15) is 11.5 Å². The first-order valence-electron chi connectivity index (χ1n) is 11.4. The van der Waals surface area contributed by atoms with E-state index in [0.29, 0.717) is 24.7 Å². The van der Waals surface area contributed by atoms with Crippen LogP contribution in [0.2, 0.25) is 0 Å². The number of nitro groups is 1. The molecule has 0 unspecified atom stereocenters. The Morgan fingerprint density at radius 2 is 1.74 bits per heavy atom. The van der Waals surface area contributed by atoms with Crippen molar-refractivity contribution in [3.05, 3.63) is 80.5 Å². The Labute approximate surface area is 204 Å². The smallest absolute Gasteiger partial charge is 0.269 e. The van der Waals surface area contributed by atoms with Gasteiger partial charge in [0.2, 0.25) is 0 Å². The fourth-order valence-electron chi connectivity index (χ4n) is 4.20. The molecule has 0 radical (unpaired) electrons. The Morgan fingerprint density at radius 3 is 2.43 bits per heavy atom. The van der Waals surface area contributed by atoms with Gasteiger partial charge in [0, 0.05) is 36.5 Å². The number of benzene rings is 2. The maximum atomic E-state index is 11.0. The highest BCUT2D eigenvalue weighted by Crippen LogP contribution is 2.35. The van der Waals surface area contributed by atoms with Crippen molar-refractivity contribution in [2.45, 2.75) is 12.8 Å². The molecule has 2 aromatic carbocycles. The Morgan fingerprint density at radius 1 is 1.00 bits per heavy atom. The topological polar surface area (TPSA) is 98.8 Å². The molecule has 0 saturated carbocycles. The summed E-state index contributed by atoms with van der Waals surface area (Å²) in [5.41, 5.74) is 5.22. The van der Waals surface area contributed by atoms with E-state index >= 15 is 0 Å². The zero-order chi connectivity index (χ0) is 24.6. The third kappa shape index (κ3) is 5.93. The van der Waals surface area contributed by atoms with Crippen LogP contribution in [0.15, 0.2) is 69.5 Å². The molecule has 0 spiro atoms. The van der Waals surface area contributed by atoms with Gasteiger partial charge in [-0.25, -0.2) is 0 Å². The van der Waals surface area contributed by atoms with Crippen molar-refractivity contribution in [1.82, 2.24) is 4.90 Å². The van der Waals surface area contributed by atoms with Gasteiger partial charge in [-0.2, -0.15) is 10.2 Å². The van der Waals surface area contributed by atoms with Crippen molar-refractivity contribution < 1.29 is 19.1 Å². The predicted octanol–water partition coefficient (Wildman–Crippen LogP) is 4.48. The summed E-state index contributed by atoms with van der Waals surface area (Å²) in [6.45, 7) is 2.95. The van der Waals surface area contributed by atoms with E-state index in [9.17, 15) is 10.1 Å². The van der Waals surface area contributed by atoms with Crippen LogP contribution in [0.1, 0.15) is 24.0 Å². The summed E-state index contributed by atoms with van der Waals surface area (Å²) in [6.07, 6.45) is 7.26. The molecular formula is C26H28N4O5. The molecule has 0 aromatic heterocycles. The third-order valence-electron chi connectivity index (χ3n) is 5.96. The first-order valence-corrected chi connectivity index (χ1v) is 11.4. The van der Waals surface area contributed by atoms with E-state index in [1.807, 2.05) is 24.4 Å². The van der Waals surface area contributed by atoms with E-state index in [4.69, 9.17) is 14.2 Å². The zero-order valence-electron chi connectivity index (χ0n) is 19.8. The molecule has 0 N–H and O–H groups in total. The molecule has 9 heteroatoms. The molecule has 0 bridgehead atoms. The zero-order valence-corrected chi connectivity index (χ0v) is 19.8. The molecule has 1 aliphatic carbocycles. The van der Waals surface area contributed by atoms with E-state index in [1.54, 1.807) is 32.6 Å². The summed E-state index contributed by atoms with van der Waals surface area (Å²) in [5.74, 6) is 1.40. The summed E-state index contributed by atoms with van der Waals surface area (Å²) in [4.78, 5) is 12.9. The van der Waals surface area contributed by atoms with E-state index in [2.05, 4.69) is 21.2 Å². The first kappa shape index (κ1) is 24.2. The monoisotopic (exact) mass is 476 g/mol. The fourth-order valence-corrected chi connectivity index (χ4v) is 4.20. The number of allylic oxidation sites excluding steroid dienone is 2. The molecule has 4 rings (SSSR count). The maximum absolute atomic E-state index is 11.0. The van der Waals surface area contributed by atoms with Gasteiger partial charge >= 0.3 is 0 Å². The highest BCUT2D eigenvalue weighted by molar-refractivity contribution is 5.87. The van der Waals surface area contributed by atoms with Gasteiger partial charge in [-0.1, -0.05) is 0 Å². The van der Waals surface area contributed by atoms with Crippen molar-refractivity contribution in [2.24, 2.45) is 10.2 Å². The molecule has 2 aliphatic rings. The van der Waals surface area contributed by atoms with Crippen LogP contribution in [-0.4, -0.2) is 62.8 Å². The fraction of sp³-hybridized carbons (Fsp3) is 0.308. The highest BCUT2D eigenvalue weighted by atomic mass is 16.6. The Kier molecular flexibility index (Phi) is 7.89. The number of non-ortho nitro benzene ring substituents is 1. The molecule has 2 aromatic rings. The lowest BCUT2D eigenvalue weighted by atomic mass is 10.1. The number of hydrogen-bond donors (Lipinski definition) is 0. The molecule has 1 heterocycles. The number of nitro benzene ring substituents is 1. The number of nitrogens with zero attached hydrogens (tertiary/aromatic N) is 4. The van der Waals surface area contributed by atoms with Crippen LogP contribution in [0.3, 0.4) is 0 Å². The summed E-state index contributed by atoms with van der Waals surface area (Å²) < 4.78 is 16.2. The number of hydrogen-bond acceptors (Lipinski definition) is 8. The minimum Gasteiger partial charge on any atom is -0.497 e. The van der Waals surface area contributed by atoms with Crippen molar-refractivity contribution in [1.29, 1.82) is 0 Å². The van der Waals surface area contributed by atoms with Gasteiger partial charge in [0.25, 0.3) is 5.69 Å². The standard InChI is InChI=1S/C26H28N4O5/c1-33-24-9-10-25(34-2)22(16-24)18-28-27-17-21-6-5-20(26(21)29-11-13-35-14-12-29)15-19-3-7-23(8-4-19)30(31)32/h3-4,7-10,15-18H,5-6,11-14H2,1-2H3/b20-15-,27-17+,28-18+. The van der Waals surface area contributed by atoms with Gasteiger partial charge < -0.3 is 19.1 Å². The normalized spacial score (nSPS) is 17.7. The molecule has 182 valence electrons. The Balaban J connectivity index is 1.60. The van der Waals surface area contributed by atoms with Crippen molar-refractivity contribution in [2.75, 3.05) is 40.5 Å². The second kappa shape index (κ2) is 11.4. The predicted molar refractivity (Wildman–Crippen MR) is 135 cm³/mol. The van der Waals surface area contributed by atoms with Gasteiger partial charge in [-0.3, -0.25) is 10.1 Å². The van der Waals surface area contributed by atoms with Crippen LogP contribution in [0.5, 0.6) is 11.5 Å².